The third-order valence-electron chi connectivity index (χ3n) is 4.23. The number of ketones is 1. The van der Waals surface area contributed by atoms with E-state index >= 15 is 0 Å². The molecule has 0 aliphatic heterocycles. The van der Waals surface area contributed by atoms with Crippen LogP contribution in [-0.4, -0.2) is 20.0 Å². The van der Waals surface area contributed by atoms with Gasteiger partial charge in [-0.15, -0.1) is 0 Å². The molecule has 28 heavy (non-hydrogen) atoms. The lowest BCUT2D eigenvalue weighted by molar-refractivity contribution is 0.104. The number of hydrogen-bond donors (Lipinski definition) is 0. The van der Waals surface area contributed by atoms with Gasteiger partial charge in [0.05, 0.1) is 19.8 Å². The maximum Gasteiger partial charge on any atom is 0.189 e. The van der Waals surface area contributed by atoms with E-state index in [1.165, 1.54) is 6.08 Å². The molecule has 0 bridgehead atoms. The van der Waals surface area contributed by atoms with Gasteiger partial charge in [-0.1, -0.05) is 48.5 Å². The molecule has 0 atom stereocenters. The second-order valence-corrected chi connectivity index (χ2v) is 6.11. The van der Waals surface area contributed by atoms with E-state index in [0.717, 1.165) is 16.9 Å². The first kappa shape index (κ1) is 19.2. The first-order chi connectivity index (χ1) is 13.7. The number of benzene rings is 3. The average Bonchev–Trinajstić information content (AvgIpc) is 2.76. The minimum Gasteiger partial charge on any atom is -0.497 e. The Morgan fingerprint density at radius 2 is 1.57 bits per heavy atom. The Labute approximate surface area is 165 Å². The number of ether oxygens (including phenoxy) is 3. The van der Waals surface area contributed by atoms with Crippen molar-refractivity contribution in [3.63, 3.8) is 0 Å². The zero-order valence-electron chi connectivity index (χ0n) is 15.9. The van der Waals surface area contributed by atoms with Crippen LogP contribution >= 0.6 is 0 Å². The zero-order valence-corrected chi connectivity index (χ0v) is 15.9. The lowest BCUT2D eigenvalue weighted by Crippen LogP contribution is -2.01. The molecular weight excluding hydrogens is 352 g/mol. The van der Waals surface area contributed by atoms with Crippen molar-refractivity contribution in [1.82, 2.24) is 0 Å². The molecule has 0 saturated carbocycles. The van der Waals surface area contributed by atoms with E-state index in [4.69, 9.17) is 14.2 Å². The number of carbonyl (C=O) groups excluding carboxylic acids is 1. The topological polar surface area (TPSA) is 44.8 Å². The molecule has 0 saturated heterocycles. The fourth-order valence-corrected chi connectivity index (χ4v) is 2.68. The molecule has 0 amide bonds. The molecule has 0 aromatic heterocycles. The third kappa shape index (κ3) is 5.01. The summed E-state index contributed by atoms with van der Waals surface area (Å²) in [7, 11) is 3.16. The number of methoxy groups -OCH3 is 2. The van der Waals surface area contributed by atoms with Gasteiger partial charge in [-0.25, -0.2) is 0 Å². The lowest BCUT2D eigenvalue weighted by Gasteiger charge is -2.10. The maximum atomic E-state index is 12.6. The summed E-state index contributed by atoms with van der Waals surface area (Å²) >= 11 is 0. The molecule has 3 aromatic rings. The van der Waals surface area contributed by atoms with E-state index in [9.17, 15) is 4.79 Å². The van der Waals surface area contributed by atoms with E-state index in [1.54, 1.807) is 38.5 Å². The van der Waals surface area contributed by atoms with Crippen LogP contribution in [0.5, 0.6) is 17.2 Å². The summed E-state index contributed by atoms with van der Waals surface area (Å²) in [5.74, 6) is 1.77. The maximum absolute atomic E-state index is 12.6. The van der Waals surface area contributed by atoms with E-state index in [0.29, 0.717) is 23.7 Å². The average molecular weight is 374 g/mol. The number of allylic oxidation sites excluding steroid dienone is 1. The Bertz CT molecular complexity index is 944. The van der Waals surface area contributed by atoms with E-state index in [2.05, 4.69) is 0 Å². The Morgan fingerprint density at radius 1 is 0.857 bits per heavy atom. The molecule has 3 rings (SSSR count). The van der Waals surface area contributed by atoms with Crippen molar-refractivity contribution in [2.45, 2.75) is 6.61 Å². The summed E-state index contributed by atoms with van der Waals surface area (Å²) in [5, 5.41) is 0. The van der Waals surface area contributed by atoms with Gasteiger partial charge >= 0.3 is 0 Å². The van der Waals surface area contributed by atoms with Crippen LogP contribution in [0, 0.1) is 0 Å². The zero-order chi connectivity index (χ0) is 19.8. The molecule has 0 radical (unpaired) electrons. The summed E-state index contributed by atoms with van der Waals surface area (Å²) in [4.78, 5) is 12.6. The summed E-state index contributed by atoms with van der Waals surface area (Å²) in [6.07, 6.45) is 3.30. The highest BCUT2D eigenvalue weighted by Crippen LogP contribution is 2.26. The molecule has 0 N–H and O–H groups in total. The highest BCUT2D eigenvalue weighted by atomic mass is 16.5. The van der Waals surface area contributed by atoms with Crippen molar-refractivity contribution in [3.8, 4) is 17.2 Å². The largest absolute Gasteiger partial charge is 0.497 e. The molecular formula is C24H22O4. The van der Waals surface area contributed by atoms with Crippen molar-refractivity contribution in [2.75, 3.05) is 14.2 Å². The van der Waals surface area contributed by atoms with Gasteiger partial charge in [0.1, 0.15) is 23.9 Å². The van der Waals surface area contributed by atoms with Crippen LogP contribution in [-0.2, 0) is 6.61 Å². The molecule has 4 nitrogen and oxygen atoms in total. The van der Waals surface area contributed by atoms with Crippen LogP contribution in [0.25, 0.3) is 6.08 Å². The first-order valence-corrected chi connectivity index (χ1v) is 8.91. The summed E-state index contributed by atoms with van der Waals surface area (Å²) in [6.45, 7) is 0.453. The SMILES string of the molecule is COc1ccc(/C=C/C(=O)c2ccc(OCc3ccccc3)cc2OC)cc1. The van der Waals surface area contributed by atoms with Crippen LogP contribution in [0.2, 0.25) is 0 Å². The molecule has 4 heteroatoms. The van der Waals surface area contributed by atoms with Gasteiger partial charge < -0.3 is 14.2 Å². The molecule has 3 aromatic carbocycles. The fourth-order valence-electron chi connectivity index (χ4n) is 2.68. The van der Waals surface area contributed by atoms with Gasteiger partial charge in [0.25, 0.3) is 0 Å². The predicted molar refractivity (Wildman–Crippen MR) is 110 cm³/mol. The van der Waals surface area contributed by atoms with Crippen LogP contribution in [0.15, 0.2) is 78.9 Å². The molecule has 0 aliphatic carbocycles. The molecule has 0 heterocycles. The molecule has 0 aliphatic rings. The minimum absolute atomic E-state index is 0.137. The van der Waals surface area contributed by atoms with Crippen molar-refractivity contribution in [1.29, 1.82) is 0 Å². The van der Waals surface area contributed by atoms with Crippen molar-refractivity contribution < 1.29 is 19.0 Å². The molecule has 0 unspecified atom stereocenters. The van der Waals surface area contributed by atoms with Crippen molar-refractivity contribution in [2.24, 2.45) is 0 Å². The molecule has 142 valence electrons. The monoisotopic (exact) mass is 374 g/mol. The van der Waals surface area contributed by atoms with Gasteiger partial charge in [0.2, 0.25) is 0 Å². The molecule has 0 spiro atoms. The normalized spacial score (nSPS) is 10.6. The first-order valence-electron chi connectivity index (χ1n) is 8.91. The Kier molecular flexibility index (Phi) is 6.47. The number of rotatable bonds is 8. The minimum atomic E-state index is -0.137. The van der Waals surface area contributed by atoms with Crippen molar-refractivity contribution >= 4 is 11.9 Å². The van der Waals surface area contributed by atoms with Gasteiger partial charge in [0.15, 0.2) is 5.78 Å². The van der Waals surface area contributed by atoms with E-state index in [-0.39, 0.29) is 5.78 Å². The van der Waals surface area contributed by atoms with Crippen LogP contribution in [0.4, 0.5) is 0 Å². The van der Waals surface area contributed by atoms with Gasteiger partial charge in [-0.3, -0.25) is 4.79 Å². The Hall–Kier alpha value is -3.53. The fraction of sp³-hybridized carbons (Fsp3) is 0.125. The summed E-state index contributed by atoms with van der Waals surface area (Å²) in [6, 6.07) is 22.6. The standard InChI is InChI=1S/C24H22O4/c1-26-20-11-8-18(9-12-20)10-15-23(25)22-14-13-21(16-24(22)27-2)28-17-19-6-4-3-5-7-19/h3-16H,17H2,1-2H3/b15-10+. The quantitative estimate of drug-likeness (QED) is 0.403. The highest BCUT2D eigenvalue weighted by Gasteiger charge is 2.11. The Balaban J connectivity index is 1.70. The second-order valence-electron chi connectivity index (χ2n) is 6.11. The number of hydrogen-bond acceptors (Lipinski definition) is 4. The second kappa shape index (κ2) is 9.42. The lowest BCUT2D eigenvalue weighted by atomic mass is 10.1. The Morgan fingerprint density at radius 3 is 2.25 bits per heavy atom. The van der Waals surface area contributed by atoms with Gasteiger partial charge in [-0.2, -0.15) is 0 Å². The van der Waals surface area contributed by atoms with Crippen LogP contribution < -0.4 is 14.2 Å². The highest BCUT2D eigenvalue weighted by molar-refractivity contribution is 6.08. The number of carbonyl (C=O) groups is 1. The summed E-state index contributed by atoms with van der Waals surface area (Å²) < 4.78 is 16.3. The van der Waals surface area contributed by atoms with Crippen LogP contribution in [0.1, 0.15) is 21.5 Å². The smallest absolute Gasteiger partial charge is 0.189 e. The predicted octanol–water partition coefficient (Wildman–Crippen LogP) is 5.18. The third-order valence-corrected chi connectivity index (χ3v) is 4.23. The van der Waals surface area contributed by atoms with Gasteiger partial charge in [0, 0.05) is 6.07 Å². The van der Waals surface area contributed by atoms with Crippen molar-refractivity contribution in [3.05, 3.63) is 95.6 Å². The van der Waals surface area contributed by atoms with E-state index < -0.39 is 0 Å². The van der Waals surface area contributed by atoms with Crippen LogP contribution in [0.3, 0.4) is 0 Å². The molecule has 0 fully saturated rings. The summed E-state index contributed by atoms with van der Waals surface area (Å²) in [5.41, 5.74) is 2.47. The van der Waals surface area contributed by atoms with Gasteiger partial charge in [-0.05, 0) is 41.5 Å². The van der Waals surface area contributed by atoms with E-state index in [1.807, 2.05) is 54.6 Å².